The quantitative estimate of drug-likeness (QED) is 0.773. The highest BCUT2D eigenvalue weighted by molar-refractivity contribution is 6.30. The lowest BCUT2D eigenvalue weighted by molar-refractivity contribution is -0.147. The molecule has 1 aromatic rings. The number of alkyl halides is 1. The Balaban J connectivity index is 2.22. The van der Waals surface area contributed by atoms with Crippen molar-refractivity contribution in [3.63, 3.8) is 0 Å². The zero-order chi connectivity index (χ0) is 12.4. The predicted octanol–water partition coefficient (Wildman–Crippen LogP) is 3.34. The van der Waals surface area contributed by atoms with E-state index in [2.05, 4.69) is 4.74 Å². The van der Waals surface area contributed by atoms with E-state index < -0.39 is 18.1 Å². The summed E-state index contributed by atoms with van der Waals surface area (Å²) in [5, 5.41) is 0.608. The number of hydrogen-bond donors (Lipinski definition) is 0. The van der Waals surface area contributed by atoms with Gasteiger partial charge in [-0.15, -0.1) is 0 Å². The molecule has 0 amide bonds. The van der Waals surface area contributed by atoms with Gasteiger partial charge in [-0.1, -0.05) is 23.7 Å². The highest BCUT2D eigenvalue weighted by Crippen LogP contribution is 2.45. The summed E-state index contributed by atoms with van der Waals surface area (Å²) in [6.07, 6.45) is 0.337. The first kappa shape index (κ1) is 12.4. The average molecular weight is 257 g/mol. The van der Waals surface area contributed by atoms with E-state index in [4.69, 9.17) is 11.6 Å². The van der Waals surface area contributed by atoms with E-state index in [0.717, 1.165) is 18.4 Å². The lowest BCUT2D eigenvalue weighted by Gasteiger charge is -2.19. The van der Waals surface area contributed by atoms with Crippen LogP contribution in [0.1, 0.15) is 24.3 Å². The van der Waals surface area contributed by atoms with Crippen LogP contribution in [-0.4, -0.2) is 19.3 Å². The van der Waals surface area contributed by atoms with Crippen LogP contribution in [0, 0.1) is 5.92 Å². The minimum Gasteiger partial charge on any atom is -0.467 e. The number of ether oxygens (including phenoxy) is 1. The molecule has 2 atom stereocenters. The summed E-state index contributed by atoms with van der Waals surface area (Å²) in [7, 11) is 1.21. The third kappa shape index (κ3) is 2.78. The van der Waals surface area contributed by atoms with Crippen molar-refractivity contribution in [1.29, 1.82) is 0 Å². The third-order valence-electron chi connectivity index (χ3n) is 3.13. The minimum atomic E-state index is -1.59. The van der Waals surface area contributed by atoms with Gasteiger partial charge in [0.05, 0.1) is 7.11 Å². The van der Waals surface area contributed by atoms with Gasteiger partial charge in [0.1, 0.15) is 0 Å². The van der Waals surface area contributed by atoms with Gasteiger partial charge in [-0.3, -0.25) is 0 Å². The molecule has 0 radical (unpaired) electrons. The Bertz CT molecular complexity index is 400. The summed E-state index contributed by atoms with van der Waals surface area (Å²) in [4.78, 5) is 11.3. The molecule has 4 heteroatoms. The third-order valence-corrected chi connectivity index (χ3v) is 3.38. The Labute approximate surface area is 105 Å². The summed E-state index contributed by atoms with van der Waals surface area (Å²) in [5.41, 5.74) is 0.815. The van der Waals surface area contributed by atoms with Crippen LogP contribution < -0.4 is 0 Å². The average Bonchev–Trinajstić information content (AvgIpc) is 3.15. The van der Waals surface area contributed by atoms with Gasteiger partial charge in [0, 0.05) is 10.9 Å². The molecule has 0 bridgehead atoms. The first-order chi connectivity index (χ1) is 8.13. The van der Waals surface area contributed by atoms with Gasteiger partial charge in [0.25, 0.3) is 0 Å². The van der Waals surface area contributed by atoms with Crippen molar-refractivity contribution in [3.05, 3.63) is 34.9 Å². The molecule has 92 valence electrons. The molecule has 0 heterocycles. The lowest BCUT2D eigenvalue weighted by Crippen LogP contribution is -2.26. The van der Waals surface area contributed by atoms with E-state index in [-0.39, 0.29) is 5.92 Å². The van der Waals surface area contributed by atoms with E-state index in [1.165, 1.54) is 7.11 Å². The number of rotatable bonds is 4. The van der Waals surface area contributed by atoms with E-state index in [1.807, 2.05) is 0 Å². The Morgan fingerprint density at radius 3 is 2.47 bits per heavy atom. The molecule has 2 nitrogen and oxygen atoms in total. The SMILES string of the molecule is COC(=O)C(F)[C@H](c1ccc(Cl)cc1)C1CC1. The van der Waals surface area contributed by atoms with Crippen molar-refractivity contribution in [2.45, 2.75) is 24.9 Å². The van der Waals surface area contributed by atoms with Crippen molar-refractivity contribution >= 4 is 17.6 Å². The number of halogens is 2. The van der Waals surface area contributed by atoms with Gasteiger partial charge in [-0.05, 0) is 36.5 Å². The smallest absolute Gasteiger partial charge is 0.341 e. The fraction of sp³-hybridized carbons (Fsp3) is 0.462. The first-order valence-electron chi connectivity index (χ1n) is 5.61. The summed E-state index contributed by atoms with van der Waals surface area (Å²) in [5.74, 6) is -0.957. The van der Waals surface area contributed by atoms with Gasteiger partial charge < -0.3 is 4.74 Å². The summed E-state index contributed by atoms with van der Waals surface area (Å²) in [6.45, 7) is 0. The van der Waals surface area contributed by atoms with E-state index in [0.29, 0.717) is 5.02 Å². The summed E-state index contributed by atoms with van der Waals surface area (Å²) in [6, 6.07) is 6.99. The molecule has 0 aromatic heterocycles. The molecule has 0 N–H and O–H groups in total. The molecule has 1 aliphatic carbocycles. The number of methoxy groups -OCH3 is 1. The molecule has 0 spiro atoms. The van der Waals surface area contributed by atoms with Crippen molar-refractivity contribution in [2.75, 3.05) is 7.11 Å². The normalized spacial score (nSPS) is 18.5. The standard InChI is InChI=1S/C13H14ClFO2/c1-17-13(16)12(15)11(8-2-3-8)9-4-6-10(14)7-5-9/h4-8,11-12H,2-3H2,1H3/t11-,12?/m0/s1. The van der Waals surface area contributed by atoms with E-state index in [9.17, 15) is 9.18 Å². The maximum atomic E-state index is 14.0. The summed E-state index contributed by atoms with van der Waals surface area (Å²) >= 11 is 5.80. The molecule has 17 heavy (non-hydrogen) atoms. The molecule has 1 aromatic carbocycles. The highest BCUT2D eigenvalue weighted by atomic mass is 35.5. The topological polar surface area (TPSA) is 26.3 Å². The van der Waals surface area contributed by atoms with Crippen molar-refractivity contribution in [3.8, 4) is 0 Å². The fourth-order valence-electron chi connectivity index (χ4n) is 2.08. The second-order valence-electron chi connectivity index (χ2n) is 4.34. The van der Waals surface area contributed by atoms with Gasteiger partial charge in [0.2, 0.25) is 6.17 Å². The number of hydrogen-bond acceptors (Lipinski definition) is 2. The second kappa shape index (κ2) is 5.05. The molecule has 0 aliphatic heterocycles. The number of esters is 1. The summed E-state index contributed by atoms with van der Waals surface area (Å²) < 4.78 is 18.5. The van der Waals surface area contributed by atoms with Crippen LogP contribution in [0.15, 0.2) is 24.3 Å². The monoisotopic (exact) mass is 256 g/mol. The highest BCUT2D eigenvalue weighted by Gasteiger charge is 2.41. The number of carbonyl (C=O) groups is 1. The maximum Gasteiger partial charge on any atom is 0.341 e. The lowest BCUT2D eigenvalue weighted by atomic mass is 9.89. The molecule has 1 unspecified atom stereocenters. The van der Waals surface area contributed by atoms with E-state index in [1.54, 1.807) is 24.3 Å². The largest absolute Gasteiger partial charge is 0.467 e. The van der Waals surface area contributed by atoms with Crippen LogP contribution in [-0.2, 0) is 9.53 Å². The van der Waals surface area contributed by atoms with Crippen LogP contribution in [0.2, 0.25) is 5.02 Å². The van der Waals surface area contributed by atoms with Crippen molar-refractivity contribution < 1.29 is 13.9 Å². The molecule has 0 saturated heterocycles. The Morgan fingerprint density at radius 2 is 2.00 bits per heavy atom. The van der Waals surface area contributed by atoms with E-state index >= 15 is 0 Å². The predicted molar refractivity (Wildman–Crippen MR) is 63.8 cm³/mol. The molecular formula is C13H14ClFO2. The fourth-order valence-corrected chi connectivity index (χ4v) is 2.21. The van der Waals surface area contributed by atoms with Crippen LogP contribution >= 0.6 is 11.6 Å². The molecule has 2 rings (SSSR count). The number of carbonyl (C=O) groups excluding carboxylic acids is 1. The number of benzene rings is 1. The van der Waals surface area contributed by atoms with Gasteiger partial charge in [-0.25, -0.2) is 9.18 Å². The zero-order valence-electron chi connectivity index (χ0n) is 9.53. The van der Waals surface area contributed by atoms with Gasteiger partial charge in [0.15, 0.2) is 0 Å². The minimum absolute atomic E-state index is 0.241. The molecular weight excluding hydrogens is 243 g/mol. The van der Waals surface area contributed by atoms with Crippen LogP contribution in [0.3, 0.4) is 0 Å². The van der Waals surface area contributed by atoms with Gasteiger partial charge >= 0.3 is 5.97 Å². The van der Waals surface area contributed by atoms with Crippen LogP contribution in [0.5, 0.6) is 0 Å². The molecule has 1 fully saturated rings. The molecule has 1 aliphatic rings. The zero-order valence-corrected chi connectivity index (χ0v) is 10.3. The van der Waals surface area contributed by atoms with Crippen LogP contribution in [0.25, 0.3) is 0 Å². The Kier molecular flexibility index (Phi) is 3.67. The first-order valence-corrected chi connectivity index (χ1v) is 5.98. The van der Waals surface area contributed by atoms with Gasteiger partial charge in [-0.2, -0.15) is 0 Å². The molecule has 1 saturated carbocycles. The van der Waals surface area contributed by atoms with Crippen molar-refractivity contribution in [2.24, 2.45) is 5.92 Å². The Hall–Kier alpha value is -1.09. The van der Waals surface area contributed by atoms with Crippen molar-refractivity contribution in [1.82, 2.24) is 0 Å². The second-order valence-corrected chi connectivity index (χ2v) is 4.78. The maximum absolute atomic E-state index is 14.0. The Morgan fingerprint density at radius 1 is 1.41 bits per heavy atom. The van der Waals surface area contributed by atoms with Crippen LogP contribution in [0.4, 0.5) is 4.39 Å².